The minimum Gasteiger partial charge on any atom is -0.369 e. The van der Waals surface area contributed by atoms with Gasteiger partial charge < -0.3 is 24.3 Å². The van der Waals surface area contributed by atoms with Crippen LogP contribution in [0.5, 0.6) is 0 Å². The van der Waals surface area contributed by atoms with E-state index in [1.54, 1.807) is 39.7 Å². The van der Waals surface area contributed by atoms with Crippen LogP contribution in [0.25, 0.3) is 11.2 Å². The van der Waals surface area contributed by atoms with Crippen molar-refractivity contribution in [2.45, 2.75) is 31.6 Å². The highest BCUT2D eigenvalue weighted by molar-refractivity contribution is 7.56. The molecule has 5 rings (SSSR count). The van der Waals surface area contributed by atoms with Crippen LogP contribution in [-0.2, 0) is 27.7 Å². The van der Waals surface area contributed by atoms with Crippen LogP contribution in [0.2, 0.25) is 0 Å². The summed E-state index contributed by atoms with van der Waals surface area (Å²) < 4.78 is 56.9. The number of H-pyrrole nitrogens is 2. The number of hydrogen-bond acceptors (Lipinski definition) is 14. The second-order valence-corrected chi connectivity index (χ2v) is 16.7. The second-order valence-electron chi connectivity index (χ2n) is 12.3. The predicted octanol–water partition coefficient (Wildman–Crippen LogP) is -0.714. The van der Waals surface area contributed by atoms with E-state index in [2.05, 4.69) is 19.9 Å². The average Bonchev–Trinajstić information content (AvgIpc) is 3.44. The topological polar surface area (TPSA) is 228 Å². The number of fused-ring (bicyclic) bond motifs is 1. The van der Waals surface area contributed by atoms with Crippen molar-refractivity contribution in [2.75, 3.05) is 86.7 Å². The number of nitrogens with one attached hydrogen (secondary N) is 2. The maximum absolute atomic E-state index is 14.4. The molecule has 266 valence electrons. The monoisotopic (exact) mass is 715 g/mol. The highest BCUT2D eigenvalue weighted by atomic mass is 31.2. The van der Waals surface area contributed by atoms with Crippen LogP contribution < -0.4 is 22.5 Å². The molecule has 6 atom stereocenters. The quantitative estimate of drug-likeness (QED) is 0.197. The maximum Gasteiger partial charge on any atom is 0.330 e. The van der Waals surface area contributed by atoms with Crippen molar-refractivity contribution in [3.05, 3.63) is 49.3 Å². The Morgan fingerprint density at radius 2 is 1.71 bits per heavy atom. The standard InChI is InChI=1S/C26H43N11O9P2/c1-16-7-36(26(40)31-23(16)38)20-11-35(9-18(46-20)12-43-47(41)32(2)3)15-48(42,33(4)5)44-13-17-8-34(6)10-19(45-17)37-14-28-21-22(37)29-25(27)30-24(21)39/h7,14,17-20,47H,8-13,15H2,1-6H3,(H,31,38,40)(H3,27,29,30,39)/t17-,18-,19+,20+,48?/m0/s1. The first-order valence-electron chi connectivity index (χ1n) is 15.1. The number of hydrogen-bond donors (Lipinski definition) is 3. The van der Waals surface area contributed by atoms with Gasteiger partial charge in [0.05, 0.1) is 38.0 Å². The highest BCUT2D eigenvalue weighted by Crippen LogP contribution is 2.50. The molecule has 0 aliphatic carbocycles. The van der Waals surface area contributed by atoms with Gasteiger partial charge >= 0.3 is 5.69 Å². The van der Waals surface area contributed by atoms with Gasteiger partial charge in [0.2, 0.25) is 5.95 Å². The summed E-state index contributed by atoms with van der Waals surface area (Å²) in [6, 6.07) is 0. The molecule has 0 bridgehead atoms. The van der Waals surface area contributed by atoms with Gasteiger partial charge in [-0.2, -0.15) is 4.98 Å². The van der Waals surface area contributed by atoms with Crippen LogP contribution in [0.4, 0.5) is 5.95 Å². The Kier molecular flexibility index (Phi) is 11.2. The van der Waals surface area contributed by atoms with Gasteiger partial charge in [0.25, 0.3) is 26.8 Å². The zero-order chi connectivity index (χ0) is 34.9. The summed E-state index contributed by atoms with van der Waals surface area (Å²) in [5, 5.41) is 0. The smallest absolute Gasteiger partial charge is 0.330 e. The zero-order valence-electron chi connectivity index (χ0n) is 27.7. The van der Waals surface area contributed by atoms with Gasteiger partial charge in [-0.1, -0.05) is 0 Å². The van der Waals surface area contributed by atoms with Crippen molar-refractivity contribution in [3.63, 3.8) is 0 Å². The zero-order valence-corrected chi connectivity index (χ0v) is 29.6. The molecular formula is C26H43N11O9P2. The van der Waals surface area contributed by atoms with Crippen molar-refractivity contribution >= 4 is 32.8 Å². The summed E-state index contributed by atoms with van der Waals surface area (Å²) in [5.74, 6) is -0.0444. The lowest BCUT2D eigenvalue weighted by Crippen LogP contribution is -2.50. The first kappa shape index (κ1) is 36.3. The Morgan fingerprint density at radius 3 is 2.40 bits per heavy atom. The number of aromatic amines is 2. The molecule has 0 saturated carbocycles. The molecule has 2 aliphatic heterocycles. The number of nitrogens with zero attached hydrogens (tertiary/aromatic N) is 8. The van der Waals surface area contributed by atoms with E-state index in [1.807, 2.05) is 16.8 Å². The number of nitrogen functional groups attached to an aromatic ring is 1. The van der Waals surface area contributed by atoms with E-state index in [1.165, 1.54) is 26.4 Å². The van der Waals surface area contributed by atoms with E-state index in [-0.39, 0.29) is 49.7 Å². The number of aryl methyl sites for hydroxylation is 1. The lowest BCUT2D eigenvalue weighted by Gasteiger charge is -2.41. The Labute approximate surface area is 276 Å². The average molecular weight is 716 g/mol. The number of aromatic nitrogens is 6. The summed E-state index contributed by atoms with van der Waals surface area (Å²) in [6.07, 6.45) is 0.230. The fourth-order valence-corrected chi connectivity index (χ4v) is 7.77. The Morgan fingerprint density at radius 1 is 1.02 bits per heavy atom. The molecule has 2 aliphatic rings. The van der Waals surface area contributed by atoms with Gasteiger partial charge in [0, 0.05) is 37.9 Å². The summed E-state index contributed by atoms with van der Waals surface area (Å²) >= 11 is 0. The van der Waals surface area contributed by atoms with E-state index in [9.17, 15) is 23.5 Å². The van der Waals surface area contributed by atoms with E-state index >= 15 is 0 Å². The molecule has 0 radical (unpaired) electrons. The molecule has 2 unspecified atom stereocenters. The van der Waals surface area contributed by atoms with E-state index in [0.717, 1.165) is 0 Å². The first-order valence-corrected chi connectivity index (χ1v) is 18.2. The lowest BCUT2D eigenvalue weighted by molar-refractivity contribution is -0.132. The molecule has 2 saturated heterocycles. The largest absolute Gasteiger partial charge is 0.369 e. The number of imidazole rings is 1. The van der Waals surface area contributed by atoms with Gasteiger partial charge in [-0.25, -0.2) is 19.1 Å². The van der Waals surface area contributed by atoms with E-state index in [4.69, 9.17) is 24.3 Å². The molecule has 22 heteroatoms. The van der Waals surface area contributed by atoms with Gasteiger partial charge in [-0.05, 0) is 42.2 Å². The van der Waals surface area contributed by atoms with Crippen molar-refractivity contribution in [1.29, 1.82) is 0 Å². The van der Waals surface area contributed by atoms with Gasteiger partial charge in [0.15, 0.2) is 17.4 Å². The van der Waals surface area contributed by atoms with Gasteiger partial charge in [-0.15, -0.1) is 0 Å². The number of morpholine rings is 2. The Bertz CT molecular complexity index is 1860. The third-order valence-corrected chi connectivity index (χ3v) is 11.7. The molecule has 3 aromatic heterocycles. The van der Waals surface area contributed by atoms with Gasteiger partial charge in [0.1, 0.15) is 6.23 Å². The predicted molar refractivity (Wildman–Crippen MR) is 176 cm³/mol. The summed E-state index contributed by atoms with van der Waals surface area (Å²) in [7, 11) is 2.43. The summed E-state index contributed by atoms with van der Waals surface area (Å²) in [4.78, 5) is 54.1. The normalized spacial score (nSPS) is 24.8. The van der Waals surface area contributed by atoms with Crippen molar-refractivity contribution < 1.29 is 27.7 Å². The minimum absolute atomic E-state index is 0.0250. The summed E-state index contributed by atoms with van der Waals surface area (Å²) in [6.45, 7) is 2.82. The SMILES string of the molecule is Cc1cn([C@H]2CN(CP(=O)(OC[C@@H]3CN(C)C[C@H](n4cnc5c(=O)[nH]c(N)nc54)O3)N(C)C)C[C@@H](CO[PH](=O)N(C)C)O2)c(=O)[nH]c1=O. The van der Waals surface area contributed by atoms with Crippen LogP contribution in [0.1, 0.15) is 18.0 Å². The molecule has 3 aromatic rings. The molecule has 4 N–H and O–H groups in total. The lowest BCUT2D eigenvalue weighted by atomic mass is 10.2. The van der Waals surface area contributed by atoms with Crippen molar-refractivity contribution in [3.8, 4) is 0 Å². The Hall–Kier alpha value is -3.03. The van der Waals surface area contributed by atoms with Crippen LogP contribution in [0.15, 0.2) is 26.9 Å². The fourth-order valence-electron chi connectivity index (χ4n) is 5.48. The number of nitrogens with two attached hydrogens (primary N) is 1. The molecule has 5 heterocycles. The van der Waals surface area contributed by atoms with Crippen LogP contribution in [0.3, 0.4) is 0 Å². The van der Waals surface area contributed by atoms with Crippen molar-refractivity contribution in [1.82, 2.24) is 48.2 Å². The van der Waals surface area contributed by atoms with Crippen LogP contribution >= 0.6 is 15.7 Å². The fraction of sp³-hybridized carbons (Fsp3) is 0.654. The van der Waals surface area contributed by atoms with E-state index in [0.29, 0.717) is 18.7 Å². The molecule has 0 spiro atoms. The summed E-state index contributed by atoms with van der Waals surface area (Å²) in [5.41, 5.74) is 4.87. The number of anilines is 1. The number of rotatable bonds is 12. The maximum atomic E-state index is 14.4. The number of ether oxygens (including phenoxy) is 2. The highest BCUT2D eigenvalue weighted by Gasteiger charge is 2.38. The Balaban J connectivity index is 1.32. The third-order valence-electron chi connectivity index (χ3n) is 7.98. The van der Waals surface area contributed by atoms with Crippen molar-refractivity contribution in [2.24, 2.45) is 0 Å². The number of likely N-dealkylation sites (N-methyl/N-ethyl adjacent to an activating group) is 1. The molecule has 0 amide bonds. The molecule has 2 fully saturated rings. The van der Waals surface area contributed by atoms with Crippen LogP contribution in [-0.4, -0.2) is 141 Å². The molecule has 48 heavy (non-hydrogen) atoms. The van der Waals surface area contributed by atoms with E-state index < -0.39 is 57.2 Å². The molecule has 0 aromatic carbocycles. The molecule has 20 nitrogen and oxygen atoms in total. The first-order chi connectivity index (χ1) is 22.6. The second kappa shape index (κ2) is 14.8. The molecular weight excluding hydrogens is 672 g/mol. The van der Waals surface area contributed by atoms with Gasteiger partial charge in [-0.3, -0.25) is 47.6 Å². The third kappa shape index (κ3) is 8.22. The van der Waals surface area contributed by atoms with Crippen LogP contribution in [0, 0.1) is 6.92 Å². The minimum atomic E-state index is -3.54.